The number of nitrogens with two attached hydrogens (primary N) is 1. The Balaban J connectivity index is 2.63. The molecule has 0 radical (unpaired) electrons. The molecule has 1 unspecified atom stereocenters. The van der Waals surface area contributed by atoms with E-state index in [9.17, 15) is 0 Å². The van der Waals surface area contributed by atoms with Gasteiger partial charge in [-0.1, -0.05) is 19.9 Å². The Hall–Kier alpha value is -1.13. The molecular weight excluding hydrogens is 212 g/mol. The Morgan fingerprint density at radius 2 is 2.12 bits per heavy atom. The molecule has 3 N–H and O–H groups in total. The molecule has 4 heteroatoms. The van der Waals surface area contributed by atoms with Gasteiger partial charge in [0.05, 0.1) is 0 Å². The van der Waals surface area contributed by atoms with E-state index in [0.29, 0.717) is 5.82 Å². The van der Waals surface area contributed by atoms with Crippen LogP contribution in [0.4, 0.5) is 5.82 Å². The van der Waals surface area contributed by atoms with Gasteiger partial charge in [-0.3, -0.25) is 0 Å². The molecule has 0 aliphatic carbocycles. The van der Waals surface area contributed by atoms with Gasteiger partial charge in [0, 0.05) is 17.8 Å². The number of nitrogens with one attached hydrogen (secondary N) is 1. The average molecular weight is 236 g/mol. The molecule has 4 nitrogen and oxygen atoms in total. The van der Waals surface area contributed by atoms with Gasteiger partial charge in [0.2, 0.25) is 0 Å². The van der Waals surface area contributed by atoms with Crippen LogP contribution in [0.15, 0.2) is 18.3 Å². The van der Waals surface area contributed by atoms with E-state index in [0.717, 1.165) is 31.6 Å². The third kappa shape index (κ3) is 3.98. The number of pyridine rings is 1. The van der Waals surface area contributed by atoms with Gasteiger partial charge in [-0.2, -0.15) is 0 Å². The first-order valence-electron chi connectivity index (χ1n) is 6.32. The minimum absolute atomic E-state index is 0.282. The molecule has 1 rings (SSSR count). The van der Waals surface area contributed by atoms with Crippen LogP contribution in [-0.2, 0) is 0 Å². The summed E-state index contributed by atoms with van der Waals surface area (Å²) < 4.78 is 0. The number of aromatic nitrogens is 1. The second-order valence-electron chi connectivity index (χ2n) is 4.13. The van der Waals surface area contributed by atoms with Gasteiger partial charge >= 0.3 is 0 Å². The maximum Gasteiger partial charge on any atom is 0.128 e. The molecule has 0 aliphatic heterocycles. The highest BCUT2D eigenvalue weighted by atomic mass is 15.1. The normalized spacial score (nSPS) is 12.9. The molecule has 1 atom stereocenters. The average Bonchev–Trinajstić information content (AvgIpc) is 2.36. The minimum Gasteiger partial charge on any atom is -0.383 e. The smallest absolute Gasteiger partial charge is 0.128 e. The van der Waals surface area contributed by atoms with Gasteiger partial charge in [-0.15, -0.1) is 0 Å². The summed E-state index contributed by atoms with van der Waals surface area (Å²) in [5, 5.41) is 3.32. The zero-order valence-electron chi connectivity index (χ0n) is 11.1. The standard InChI is InChI=1S/C13H24N4/c1-4-17(5-2)10-8-12(15-3)11-7-6-9-16-13(11)14/h6-7,9,12,15H,4-5,8,10H2,1-3H3,(H2,14,16). The second kappa shape index (κ2) is 7.25. The molecule has 1 heterocycles. The summed E-state index contributed by atoms with van der Waals surface area (Å²) in [6.07, 6.45) is 2.78. The number of nitrogens with zero attached hydrogens (tertiary/aromatic N) is 2. The van der Waals surface area contributed by atoms with Crippen molar-refractivity contribution in [3.63, 3.8) is 0 Å². The van der Waals surface area contributed by atoms with Crippen molar-refractivity contribution in [1.82, 2.24) is 15.2 Å². The number of rotatable bonds is 7. The SMILES string of the molecule is CCN(CC)CCC(NC)c1cccnc1N. The zero-order chi connectivity index (χ0) is 12.7. The number of nitrogen functional groups attached to an aromatic ring is 1. The second-order valence-corrected chi connectivity index (χ2v) is 4.13. The van der Waals surface area contributed by atoms with Crippen LogP contribution in [0, 0.1) is 0 Å². The molecule has 17 heavy (non-hydrogen) atoms. The van der Waals surface area contributed by atoms with E-state index in [-0.39, 0.29) is 6.04 Å². The summed E-state index contributed by atoms with van der Waals surface area (Å²) in [7, 11) is 1.97. The topological polar surface area (TPSA) is 54.2 Å². The summed E-state index contributed by atoms with van der Waals surface area (Å²) in [4.78, 5) is 6.55. The monoisotopic (exact) mass is 236 g/mol. The molecule has 0 saturated heterocycles. The molecule has 0 aliphatic rings. The lowest BCUT2D eigenvalue weighted by Gasteiger charge is -2.23. The fourth-order valence-corrected chi connectivity index (χ4v) is 2.03. The number of hydrogen-bond donors (Lipinski definition) is 2. The quantitative estimate of drug-likeness (QED) is 0.756. The lowest BCUT2D eigenvalue weighted by molar-refractivity contribution is 0.284. The highest BCUT2D eigenvalue weighted by Crippen LogP contribution is 2.20. The van der Waals surface area contributed by atoms with Gasteiger partial charge in [0.25, 0.3) is 0 Å². The molecule has 96 valence electrons. The van der Waals surface area contributed by atoms with Crippen molar-refractivity contribution in [1.29, 1.82) is 0 Å². The Labute approximate surface area is 104 Å². The van der Waals surface area contributed by atoms with Crippen molar-refractivity contribution in [2.45, 2.75) is 26.3 Å². The largest absolute Gasteiger partial charge is 0.383 e. The minimum atomic E-state index is 0.282. The molecule has 1 aromatic rings. The van der Waals surface area contributed by atoms with Crippen molar-refractivity contribution < 1.29 is 0 Å². The maximum absolute atomic E-state index is 5.90. The summed E-state index contributed by atoms with van der Waals surface area (Å²) in [5.41, 5.74) is 7.00. The Bertz CT molecular complexity index is 323. The van der Waals surface area contributed by atoms with Crippen LogP contribution >= 0.6 is 0 Å². The molecule has 0 saturated carbocycles. The number of anilines is 1. The third-order valence-electron chi connectivity index (χ3n) is 3.22. The van der Waals surface area contributed by atoms with E-state index in [1.54, 1.807) is 6.20 Å². The van der Waals surface area contributed by atoms with Gasteiger partial charge in [0.1, 0.15) is 5.82 Å². The van der Waals surface area contributed by atoms with Crippen molar-refractivity contribution in [3.05, 3.63) is 23.9 Å². The lowest BCUT2D eigenvalue weighted by Crippen LogP contribution is -2.28. The predicted molar refractivity (Wildman–Crippen MR) is 72.9 cm³/mol. The summed E-state index contributed by atoms with van der Waals surface area (Å²) in [6.45, 7) is 7.64. The van der Waals surface area contributed by atoms with E-state index < -0.39 is 0 Å². The first kappa shape index (κ1) is 13.9. The molecule has 1 aromatic heterocycles. The van der Waals surface area contributed by atoms with Crippen molar-refractivity contribution >= 4 is 5.82 Å². The molecule has 0 fully saturated rings. The van der Waals surface area contributed by atoms with E-state index in [4.69, 9.17) is 5.73 Å². The van der Waals surface area contributed by atoms with Crippen LogP contribution in [0.3, 0.4) is 0 Å². The van der Waals surface area contributed by atoms with Gasteiger partial charge < -0.3 is 16.0 Å². The summed E-state index contributed by atoms with van der Waals surface area (Å²) in [6, 6.07) is 4.27. The Kier molecular flexibility index (Phi) is 5.94. The summed E-state index contributed by atoms with van der Waals surface area (Å²) in [5.74, 6) is 0.631. The fraction of sp³-hybridized carbons (Fsp3) is 0.615. The van der Waals surface area contributed by atoms with Crippen LogP contribution in [0.5, 0.6) is 0 Å². The number of hydrogen-bond acceptors (Lipinski definition) is 4. The third-order valence-corrected chi connectivity index (χ3v) is 3.22. The maximum atomic E-state index is 5.90. The van der Waals surface area contributed by atoms with E-state index in [1.807, 2.05) is 19.2 Å². The lowest BCUT2D eigenvalue weighted by atomic mass is 10.0. The predicted octanol–water partition coefficient (Wildman–Crippen LogP) is 1.66. The van der Waals surface area contributed by atoms with Crippen LogP contribution in [0.1, 0.15) is 31.9 Å². The van der Waals surface area contributed by atoms with E-state index in [2.05, 4.69) is 29.0 Å². The fourth-order valence-electron chi connectivity index (χ4n) is 2.03. The summed E-state index contributed by atoms with van der Waals surface area (Å²) >= 11 is 0. The van der Waals surface area contributed by atoms with Crippen LogP contribution in [0.2, 0.25) is 0 Å². The molecular formula is C13H24N4. The first-order valence-corrected chi connectivity index (χ1v) is 6.32. The van der Waals surface area contributed by atoms with Crippen LogP contribution < -0.4 is 11.1 Å². The molecule has 0 amide bonds. The van der Waals surface area contributed by atoms with Gasteiger partial charge in [0.15, 0.2) is 0 Å². The van der Waals surface area contributed by atoms with Crippen LogP contribution in [-0.4, -0.2) is 36.6 Å². The molecule has 0 spiro atoms. The first-order chi connectivity index (χ1) is 8.22. The van der Waals surface area contributed by atoms with Crippen molar-refractivity contribution in [3.8, 4) is 0 Å². The van der Waals surface area contributed by atoms with Crippen molar-refractivity contribution in [2.24, 2.45) is 0 Å². The molecule has 0 aromatic carbocycles. The van der Waals surface area contributed by atoms with Crippen LogP contribution in [0.25, 0.3) is 0 Å². The highest BCUT2D eigenvalue weighted by Gasteiger charge is 2.13. The van der Waals surface area contributed by atoms with Gasteiger partial charge in [-0.25, -0.2) is 4.98 Å². The Morgan fingerprint density at radius 3 is 2.65 bits per heavy atom. The van der Waals surface area contributed by atoms with E-state index >= 15 is 0 Å². The van der Waals surface area contributed by atoms with E-state index in [1.165, 1.54) is 0 Å². The van der Waals surface area contributed by atoms with Gasteiger partial charge in [-0.05, 0) is 39.2 Å². The zero-order valence-corrected chi connectivity index (χ0v) is 11.1. The molecule has 0 bridgehead atoms. The van der Waals surface area contributed by atoms with Crippen molar-refractivity contribution in [2.75, 3.05) is 32.4 Å². The Morgan fingerprint density at radius 1 is 1.41 bits per heavy atom. The highest BCUT2D eigenvalue weighted by molar-refractivity contribution is 5.40.